The molecule has 0 aliphatic carbocycles. The van der Waals surface area contributed by atoms with Gasteiger partial charge in [-0.15, -0.1) is 0 Å². The van der Waals surface area contributed by atoms with Crippen molar-refractivity contribution in [1.82, 2.24) is 0 Å². The fourth-order valence-corrected chi connectivity index (χ4v) is 1.26. The first-order valence-electron chi connectivity index (χ1n) is 5.30. The minimum Gasteiger partial charge on any atom is -0.542 e. The van der Waals surface area contributed by atoms with Crippen LogP contribution in [0.4, 0.5) is 13.2 Å². The lowest BCUT2D eigenvalue weighted by atomic mass is 10.1. The summed E-state index contributed by atoms with van der Waals surface area (Å²) in [6, 6.07) is 20.8. The van der Waals surface area contributed by atoms with Crippen molar-refractivity contribution < 1.29 is 47.0 Å². The molecule has 2 rings (SSSR count). The Morgan fingerprint density at radius 3 is 1.25 bits per heavy atom. The fraction of sp³-hybridized carbons (Fsp3) is 0.0714. The lowest BCUT2D eigenvalue weighted by Crippen LogP contribution is -3.00. The van der Waals surface area contributed by atoms with Gasteiger partial charge in [0.15, 0.2) is 0 Å². The number of alkyl halides is 3. The third-order valence-corrected chi connectivity index (χ3v) is 2.11. The predicted molar refractivity (Wildman–Crippen MR) is 65.7 cm³/mol. The second kappa shape index (κ2) is 8.57. The third-order valence-electron chi connectivity index (χ3n) is 2.11. The quantitative estimate of drug-likeness (QED) is 0.588. The van der Waals surface area contributed by atoms with E-state index in [4.69, 9.17) is 9.90 Å². The molecule has 2 aromatic carbocycles. The average Bonchev–Trinajstić information content (AvgIpc) is 2.40. The molecule has 0 saturated carbocycles. The number of aliphatic carboxylic acids is 1. The molecule has 0 aromatic heterocycles. The van der Waals surface area contributed by atoms with E-state index in [0.29, 0.717) is 0 Å². The highest BCUT2D eigenvalue weighted by Crippen LogP contribution is 2.17. The summed E-state index contributed by atoms with van der Waals surface area (Å²) < 4.78 is 31.5. The molecule has 0 bridgehead atoms. The van der Waals surface area contributed by atoms with Crippen LogP contribution >= 0.6 is 0 Å². The zero-order valence-corrected chi connectivity index (χ0v) is 12.7. The van der Waals surface area contributed by atoms with Gasteiger partial charge in [-0.25, -0.2) is 0 Å². The van der Waals surface area contributed by atoms with Crippen LogP contribution in [0.15, 0.2) is 60.7 Å². The van der Waals surface area contributed by atoms with Crippen LogP contribution < -0.4 is 29.1 Å². The molecular weight excluding hydrogens is 384 g/mol. The highest BCUT2D eigenvalue weighted by atomic mass is 127. The molecule has 0 atom stereocenters. The van der Waals surface area contributed by atoms with Crippen LogP contribution in [0.1, 0.15) is 0 Å². The standard InChI is InChI=1S/C12H10.C2HF3O2.H2I/c1-3-7-11(8-4-1)12-9-5-2-6-10-12;3-2(4,5)1(6)7;/h1-10H;(H,6,7);1H2/q;;+1/p-1. The fourth-order valence-electron chi connectivity index (χ4n) is 1.26. The average molecular weight is 396 g/mol. The minimum atomic E-state index is -5.19. The predicted octanol–water partition coefficient (Wildman–Crippen LogP) is -0.879. The summed E-state index contributed by atoms with van der Waals surface area (Å²) in [6.45, 7) is 0. The van der Waals surface area contributed by atoms with Crippen LogP contribution in [-0.4, -0.2) is 12.1 Å². The van der Waals surface area contributed by atoms with Crippen molar-refractivity contribution in [2.45, 2.75) is 6.18 Å². The van der Waals surface area contributed by atoms with Crippen molar-refractivity contribution in [3.05, 3.63) is 60.7 Å². The van der Waals surface area contributed by atoms with E-state index in [1.165, 1.54) is 11.1 Å². The Balaban J connectivity index is 0.000000396. The van der Waals surface area contributed by atoms with Crippen LogP contribution in [-0.2, 0) is 4.79 Å². The van der Waals surface area contributed by atoms with Gasteiger partial charge in [0, 0.05) is 0 Å². The number of carbonyl (C=O) groups excluding carboxylic acids is 1. The Hall–Kier alpha value is -1.57. The van der Waals surface area contributed by atoms with Crippen molar-refractivity contribution in [3.63, 3.8) is 0 Å². The highest BCUT2D eigenvalue weighted by Gasteiger charge is 2.28. The van der Waals surface area contributed by atoms with Gasteiger partial charge < -0.3 is 9.90 Å². The van der Waals surface area contributed by atoms with Crippen LogP contribution in [0.5, 0.6) is 0 Å². The lowest BCUT2D eigenvalue weighted by Gasteiger charge is -2.03. The van der Waals surface area contributed by atoms with E-state index in [0.717, 1.165) is 0 Å². The van der Waals surface area contributed by atoms with Gasteiger partial charge in [-0.2, -0.15) is 13.2 Å². The van der Waals surface area contributed by atoms with E-state index in [1.54, 1.807) is 0 Å². The Labute approximate surface area is 131 Å². The van der Waals surface area contributed by atoms with E-state index in [9.17, 15) is 13.2 Å². The maximum atomic E-state index is 10.5. The summed E-state index contributed by atoms with van der Waals surface area (Å²) in [4.78, 5) is 8.78. The number of carboxylic acids is 1. The van der Waals surface area contributed by atoms with Crippen molar-refractivity contribution in [1.29, 1.82) is 0 Å². The van der Waals surface area contributed by atoms with Crippen LogP contribution in [0.3, 0.4) is 0 Å². The number of benzene rings is 2. The maximum absolute atomic E-state index is 10.5. The Kier molecular flexibility index (Phi) is 7.90. The van der Waals surface area contributed by atoms with Crippen LogP contribution in [0.2, 0.25) is 0 Å². The minimum absolute atomic E-state index is 0. The highest BCUT2D eigenvalue weighted by molar-refractivity contribution is 5.70. The van der Waals surface area contributed by atoms with Crippen molar-refractivity contribution in [2.75, 3.05) is 0 Å². The monoisotopic (exact) mass is 396 g/mol. The maximum Gasteiger partial charge on any atom is 0.430 e. The number of hydrogen-bond acceptors (Lipinski definition) is 2. The molecule has 0 spiro atoms. The zero-order valence-electron chi connectivity index (χ0n) is 10.2. The van der Waals surface area contributed by atoms with E-state index in [1.807, 2.05) is 12.1 Å². The molecular formula is C14H12F3IO2. The van der Waals surface area contributed by atoms with Gasteiger partial charge in [-0.3, -0.25) is 0 Å². The van der Waals surface area contributed by atoms with Crippen molar-refractivity contribution in [3.8, 4) is 11.1 Å². The zero-order chi connectivity index (χ0) is 14.3. The van der Waals surface area contributed by atoms with E-state index >= 15 is 0 Å². The van der Waals surface area contributed by atoms with Gasteiger partial charge in [0.2, 0.25) is 24.0 Å². The summed E-state index contributed by atoms with van der Waals surface area (Å²) in [5.41, 5.74) is 2.55. The van der Waals surface area contributed by atoms with Gasteiger partial charge >= 0.3 is 6.18 Å². The largest absolute Gasteiger partial charge is 0.542 e. The van der Waals surface area contributed by atoms with Crippen LogP contribution in [0.25, 0.3) is 11.1 Å². The summed E-state index contributed by atoms with van der Waals surface area (Å²) in [5.74, 6) is -3.01. The molecule has 0 fully saturated rings. The van der Waals surface area contributed by atoms with Crippen molar-refractivity contribution in [2.24, 2.45) is 0 Å². The van der Waals surface area contributed by atoms with Gasteiger partial charge in [-0.1, -0.05) is 60.7 Å². The van der Waals surface area contributed by atoms with Crippen molar-refractivity contribution >= 4 is 5.97 Å². The molecule has 0 unspecified atom stereocenters. The molecule has 2 aromatic rings. The van der Waals surface area contributed by atoms with E-state index in [-0.39, 0.29) is 24.0 Å². The number of hydrogen-bond donors (Lipinski definition) is 0. The SMILES string of the molecule is O=C([O-])C(F)(F)F.[IH2+].c1ccc(-c2ccccc2)cc1. The second-order valence-electron chi connectivity index (χ2n) is 3.52. The molecule has 0 saturated heterocycles. The third kappa shape index (κ3) is 6.55. The van der Waals surface area contributed by atoms with E-state index < -0.39 is 12.1 Å². The first-order chi connectivity index (χ1) is 8.91. The number of rotatable bonds is 1. The van der Waals surface area contributed by atoms with Gasteiger partial charge in [0.05, 0.1) is 0 Å². The summed E-state index contributed by atoms with van der Waals surface area (Å²) in [6.07, 6.45) is -5.19. The first-order valence-corrected chi connectivity index (χ1v) is 5.30. The number of halogens is 4. The topological polar surface area (TPSA) is 40.1 Å². The second-order valence-corrected chi connectivity index (χ2v) is 3.52. The Morgan fingerprint density at radius 2 is 1.05 bits per heavy atom. The summed E-state index contributed by atoms with van der Waals surface area (Å²) in [7, 11) is 0. The van der Waals surface area contributed by atoms with Gasteiger partial charge in [0.25, 0.3) is 0 Å². The lowest BCUT2D eigenvalue weighted by molar-refractivity contribution is -0.344. The summed E-state index contributed by atoms with van der Waals surface area (Å²) >= 11 is 0. The van der Waals surface area contributed by atoms with Gasteiger partial charge in [-0.05, 0) is 11.1 Å². The molecule has 0 N–H and O–H groups in total. The molecule has 20 heavy (non-hydrogen) atoms. The smallest absolute Gasteiger partial charge is 0.430 e. The molecule has 0 radical (unpaired) electrons. The molecule has 0 amide bonds. The number of carboxylic acid groups (broad SMARTS) is 1. The van der Waals surface area contributed by atoms with Gasteiger partial charge in [0.1, 0.15) is 5.97 Å². The molecule has 0 aliphatic heterocycles. The first kappa shape index (κ1) is 18.4. The molecule has 2 nitrogen and oxygen atoms in total. The molecule has 6 heteroatoms. The normalized spacial score (nSPS) is 9.75. The Bertz CT molecular complexity index is 475. The molecule has 0 heterocycles. The molecule has 0 aliphatic rings. The Morgan fingerprint density at radius 1 is 0.800 bits per heavy atom. The van der Waals surface area contributed by atoms with Crippen LogP contribution in [0, 0.1) is 0 Å². The number of carbonyl (C=O) groups is 1. The van der Waals surface area contributed by atoms with E-state index in [2.05, 4.69) is 48.5 Å². The summed E-state index contributed by atoms with van der Waals surface area (Å²) in [5, 5.41) is 8.78. The molecule has 108 valence electrons.